The van der Waals surface area contributed by atoms with E-state index in [0.717, 1.165) is 33.5 Å². The number of amides is 1. The van der Waals surface area contributed by atoms with Crippen molar-refractivity contribution in [2.75, 3.05) is 31.4 Å². The van der Waals surface area contributed by atoms with Crippen LogP contribution in [0.3, 0.4) is 0 Å². The zero-order valence-corrected chi connectivity index (χ0v) is 16.6. The third-order valence-corrected chi connectivity index (χ3v) is 4.51. The molecule has 0 saturated heterocycles. The number of benzene rings is 2. The summed E-state index contributed by atoms with van der Waals surface area (Å²) in [7, 11) is 3.24. The number of carbonyl (C=O) groups excluding carboxylic acids is 1. The van der Waals surface area contributed by atoms with Crippen LogP contribution in [-0.4, -0.2) is 31.7 Å². The van der Waals surface area contributed by atoms with Crippen molar-refractivity contribution in [2.45, 2.75) is 20.3 Å². The van der Waals surface area contributed by atoms with Gasteiger partial charge < -0.3 is 20.1 Å². The van der Waals surface area contributed by atoms with Gasteiger partial charge in [-0.1, -0.05) is 17.7 Å². The first-order chi connectivity index (χ1) is 13.5. The minimum absolute atomic E-state index is 0.0452. The van der Waals surface area contributed by atoms with Gasteiger partial charge in [-0.15, -0.1) is 0 Å². The SMILES string of the molecule is COc1cc(OC)c2nc(NCCC(=O)Nc3ccc(C)cc3)cc(C)c2c1. The summed E-state index contributed by atoms with van der Waals surface area (Å²) in [6.45, 7) is 4.51. The molecule has 2 N–H and O–H groups in total. The van der Waals surface area contributed by atoms with Gasteiger partial charge in [0.25, 0.3) is 0 Å². The van der Waals surface area contributed by atoms with Crippen molar-refractivity contribution in [1.29, 1.82) is 0 Å². The van der Waals surface area contributed by atoms with Gasteiger partial charge >= 0.3 is 0 Å². The monoisotopic (exact) mass is 379 g/mol. The molecule has 1 heterocycles. The van der Waals surface area contributed by atoms with Crippen LogP contribution >= 0.6 is 0 Å². The Bertz CT molecular complexity index is 984. The zero-order chi connectivity index (χ0) is 20.1. The Hall–Kier alpha value is -3.28. The number of nitrogens with one attached hydrogen (secondary N) is 2. The minimum atomic E-state index is -0.0452. The predicted molar refractivity (Wildman–Crippen MR) is 112 cm³/mol. The first kappa shape index (κ1) is 19.5. The number of hydrogen-bond acceptors (Lipinski definition) is 5. The Morgan fingerprint density at radius 3 is 2.46 bits per heavy atom. The lowest BCUT2D eigenvalue weighted by molar-refractivity contribution is -0.115. The Morgan fingerprint density at radius 2 is 1.79 bits per heavy atom. The van der Waals surface area contributed by atoms with Crippen molar-refractivity contribution in [3.63, 3.8) is 0 Å². The smallest absolute Gasteiger partial charge is 0.226 e. The maximum Gasteiger partial charge on any atom is 0.226 e. The van der Waals surface area contributed by atoms with Crippen LogP contribution < -0.4 is 20.1 Å². The summed E-state index contributed by atoms with van der Waals surface area (Å²) < 4.78 is 10.8. The molecule has 28 heavy (non-hydrogen) atoms. The highest BCUT2D eigenvalue weighted by Gasteiger charge is 2.11. The molecule has 0 aliphatic rings. The highest BCUT2D eigenvalue weighted by Crippen LogP contribution is 2.32. The van der Waals surface area contributed by atoms with Crippen molar-refractivity contribution in [3.8, 4) is 11.5 Å². The summed E-state index contributed by atoms with van der Waals surface area (Å²) in [5.74, 6) is 2.04. The van der Waals surface area contributed by atoms with Crippen LogP contribution in [0.25, 0.3) is 10.9 Å². The summed E-state index contributed by atoms with van der Waals surface area (Å²) in [6, 6.07) is 13.5. The molecule has 2 aromatic carbocycles. The van der Waals surface area contributed by atoms with E-state index in [4.69, 9.17) is 9.47 Å². The molecule has 3 aromatic rings. The molecular formula is C22H25N3O3. The van der Waals surface area contributed by atoms with Gasteiger partial charge in [-0.25, -0.2) is 4.98 Å². The normalized spacial score (nSPS) is 10.6. The average molecular weight is 379 g/mol. The van der Waals surface area contributed by atoms with Crippen LogP contribution in [0.5, 0.6) is 11.5 Å². The highest BCUT2D eigenvalue weighted by molar-refractivity contribution is 5.91. The summed E-state index contributed by atoms with van der Waals surface area (Å²) in [5.41, 5.74) is 3.77. The Labute approximate surface area is 164 Å². The molecule has 0 aliphatic carbocycles. The fourth-order valence-corrected chi connectivity index (χ4v) is 2.96. The largest absolute Gasteiger partial charge is 0.497 e. The molecule has 6 heteroatoms. The van der Waals surface area contributed by atoms with Gasteiger partial charge in [-0.05, 0) is 43.7 Å². The molecule has 0 unspecified atom stereocenters. The summed E-state index contributed by atoms with van der Waals surface area (Å²) in [5, 5.41) is 7.09. The quantitative estimate of drug-likeness (QED) is 0.640. The van der Waals surface area contributed by atoms with E-state index >= 15 is 0 Å². The lowest BCUT2D eigenvalue weighted by Gasteiger charge is -2.13. The van der Waals surface area contributed by atoms with E-state index < -0.39 is 0 Å². The van der Waals surface area contributed by atoms with Crippen LogP contribution in [0.2, 0.25) is 0 Å². The van der Waals surface area contributed by atoms with E-state index in [9.17, 15) is 4.79 Å². The minimum Gasteiger partial charge on any atom is -0.497 e. The van der Waals surface area contributed by atoms with Crippen molar-refractivity contribution in [2.24, 2.45) is 0 Å². The predicted octanol–water partition coefficient (Wildman–Crippen LogP) is 4.31. The maximum absolute atomic E-state index is 12.1. The Balaban J connectivity index is 1.67. The first-order valence-corrected chi connectivity index (χ1v) is 9.14. The number of aromatic nitrogens is 1. The fraction of sp³-hybridized carbons (Fsp3) is 0.273. The summed E-state index contributed by atoms with van der Waals surface area (Å²) in [6.07, 6.45) is 0.340. The molecule has 6 nitrogen and oxygen atoms in total. The zero-order valence-electron chi connectivity index (χ0n) is 16.6. The van der Waals surface area contributed by atoms with E-state index in [1.165, 1.54) is 0 Å². The maximum atomic E-state index is 12.1. The Morgan fingerprint density at radius 1 is 1.04 bits per heavy atom. The molecule has 0 saturated carbocycles. The van der Waals surface area contributed by atoms with Gasteiger partial charge in [0.15, 0.2) is 0 Å². The lowest BCUT2D eigenvalue weighted by Crippen LogP contribution is -2.16. The number of rotatable bonds is 7. The molecule has 1 amide bonds. The van der Waals surface area contributed by atoms with Crippen molar-refractivity contribution in [3.05, 3.63) is 53.6 Å². The molecule has 0 aliphatic heterocycles. The molecule has 0 bridgehead atoms. The van der Waals surface area contributed by atoms with Gasteiger partial charge in [-0.2, -0.15) is 0 Å². The third-order valence-electron chi connectivity index (χ3n) is 4.51. The number of pyridine rings is 1. The number of nitrogens with zero attached hydrogens (tertiary/aromatic N) is 1. The molecule has 0 fully saturated rings. The van der Waals surface area contributed by atoms with E-state index in [1.807, 2.05) is 56.3 Å². The molecule has 146 valence electrons. The Kier molecular flexibility index (Phi) is 5.99. The second-order valence-electron chi connectivity index (χ2n) is 6.64. The van der Waals surface area contributed by atoms with E-state index in [-0.39, 0.29) is 5.91 Å². The number of ether oxygens (including phenoxy) is 2. The van der Waals surface area contributed by atoms with Crippen molar-refractivity contribution < 1.29 is 14.3 Å². The number of anilines is 2. The van der Waals surface area contributed by atoms with Gasteiger partial charge in [0.2, 0.25) is 5.91 Å². The van der Waals surface area contributed by atoms with E-state index in [2.05, 4.69) is 15.6 Å². The number of aryl methyl sites for hydroxylation is 2. The van der Waals surface area contributed by atoms with E-state index in [0.29, 0.717) is 24.5 Å². The molecule has 1 aromatic heterocycles. The fourth-order valence-electron chi connectivity index (χ4n) is 2.96. The average Bonchev–Trinajstić information content (AvgIpc) is 2.69. The molecule has 3 rings (SSSR count). The summed E-state index contributed by atoms with van der Waals surface area (Å²) >= 11 is 0. The van der Waals surface area contributed by atoms with Gasteiger partial charge in [0.05, 0.1) is 14.2 Å². The summed E-state index contributed by atoms with van der Waals surface area (Å²) in [4.78, 5) is 16.8. The molecule has 0 spiro atoms. The van der Waals surface area contributed by atoms with Crippen LogP contribution in [0.15, 0.2) is 42.5 Å². The standard InChI is InChI=1S/C22H25N3O3/c1-14-5-7-16(8-6-14)24-21(26)9-10-23-20-11-15(2)18-12-17(27-3)13-19(28-4)22(18)25-20/h5-8,11-13H,9-10H2,1-4H3,(H,23,25)(H,24,26). The third kappa shape index (κ3) is 4.52. The van der Waals surface area contributed by atoms with Crippen LogP contribution in [-0.2, 0) is 4.79 Å². The second kappa shape index (κ2) is 8.61. The molecule has 0 atom stereocenters. The van der Waals surface area contributed by atoms with Crippen molar-refractivity contribution in [1.82, 2.24) is 4.98 Å². The first-order valence-electron chi connectivity index (χ1n) is 9.14. The molecule has 0 radical (unpaired) electrons. The second-order valence-corrected chi connectivity index (χ2v) is 6.64. The van der Waals surface area contributed by atoms with Crippen LogP contribution in [0.4, 0.5) is 11.5 Å². The lowest BCUT2D eigenvalue weighted by atomic mass is 10.1. The van der Waals surface area contributed by atoms with E-state index in [1.54, 1.807) is 14.2 Å². The van der Waals surface area contributed by atoms with Gasteiger partial charge in [0, 0.05) is 30.1 Å². The number of methoxy groups -OCH3 is 2. The van der Waals surface area contributed by atoms with Crippen LogP contribution in [0, 0.1) is 13.8 Å². The number of carbonyl (C=O) groups is 1. The van der Waals surface area contributed by atoms with Gasteiger partial charge in [-0.3, -0.25) is 4.79 Å². The van der Waals surface area contributed by atoms with Crippen LogP contribution in [0.1, 0.15) is 17.5 Å². The molecular weight excluding hydrogens is 354 g/mol. The number of fused-ring (bicyclic) bond motifs is 1. The van der Waals surface area contributed by atoms with Gasteiger partial charge in [0.1, 0.15) is 22.8 Å². The number of hydrogen-bond donors (Lipinski definition) is 2. The topological polar surface area (TPSA) is 72.5 Å². The highest BCUT2D eigenvalue weighted by atomic mass is 16.5. The van der Waals surface area contributed by atoms with Crippen molar-refractivity contribution >= 4 is 28.3 Å².